The Morgan fingerprint density at radius 3 is 2.85 bits per heavy atom. The van der Waals surface area contributed by atoms with Crippen LogP contribution < -0.4 is 5.32 Å². The molecule has 0 radical (unpaired) electrons. The minimum Gasteiger partial charge on any atom is -0.392 e. The van der Waals surface area contributed by atoms with Crippen LogP contribution in [0.1, 0.15) is 35.8 Å². The number of aliphatic hydroxyl groups is 1. The number of methoxy groups -OCH3 is 1. The lowest BCUT2D eigenvalue weighted by Gasteiger charge is -2.11. The van der Waals surface area contributed by atoms with Crippen molar-refractivity contribution in [1.29, 1.82) is 0 Å². The van der Waals surface area contributed by atoms with Crippen LogP contribution in [0.25, 0.3) is 0 Å². The molecular formula is C14H17N3O3. The number of ether oxygens (including phenoxy) is 1. The Morgan fingerprint density at radius 1 is 1.40 bits per heavy atom. The van der Waals surface area contributed by atoms with Gasteiger partial charge in [-0.25, -0.2) is 0 Å². The zero-order valence-corrected chi connectivity index (χ0v) is 11.2. The molecule has 2 N–H and O–H groups in total. The number of aliphatic hydroxyl groups excluding tert-OH is 1. The minimum absolute atomic E-state index is 0.0838. The lowest BCUT2D eigenvalue weighted by Crippen LogP contribution is -2.15. The van der Waals surface area contributed by atoms with E-state index in [0.29, 0.717) is 24.7 Å². The van der Waals surface area contributed by atoms with Crippen LogP contribution >= 0.6 is 0 Å². The van der Waals surface area contributed by atoms with Crippen LogP contribution in [-0.2, 0) is 4.74 Å². The van der Waals surface area contributed by atoms with E-state index in [9.17, 15) is 5.11 Å². The lowest BCUT2D eigenvalue weighted by atomic mass is 10.1. The maximum Gasteiger partial charge on any atom is 0.243 e. The summed E-state index contributed by atoms with van der Waals surface area (Å²) in [6.07, 6.45) is -0.118. The fraction of sp³-hybridized carbons (Fsp3) is 0.429. The molecular weight excluding hydrogens is 258 g/mol. The number of rotatable bonds is 4. The zero-order valence-electron chi connectivity index (χ0n) is 11.2. The summed E-state index contributed by atoms with van der Waals surface area (Å²) in [6.45, 7) is 0.550. The van der Waals surface area contributed by atoms with Crippen LogP contribution in [-0.4, -0.2) is 35.0 Å². The predicted octanol–water partition coefficient (Wildman–Crippen LogP) is 1.20. The second-order valence-electron chi connectivity index (χ2n) is 4.87. The van der Waals surface area contributed by atoms with Gasteiger partial charge in [0.25, 0.3) is 0 Å². The molecule has 1 aliphatic rings. The first kappa shape index (κ1) is 13.2. The van der Waals surface area contributed by atoms with Gasteiger partial charge in [-0.1, -0.05) is 35.5 Å². The van der Waals surface area contributed by atoms with Gasteiger partial charge in [-0.15, -0.1) is 0 Å². The molecule has 6 nitrogen and oxygen atoms in total. The Morgan fingerprint density at radius 2 is 2.20 bits per heavy atom. The molecule has 1 unspecified atom stereocenters. The monoisotopic (exact) mass is 275 g/mol. The van der Waals surface area contributed by atoms with E-state index in [1.54, 1.807) is 7.11 Å². The van der Waals surface area contributed by atoms with Crippen molar-refractivity contribution in [3.8, 4) is 0 Å². The number of aromatic nitrogens is 2. The normalized spacial score (nSPS) is 23.9. The smallest absolute Gasteiger partial charge is 0.243 e. The van der Waals surface area contributed by atoms with Gasteiger partial charge >= 0.3 is 0 Å². The number of nitrogens with zero attached hydrogens (tertiary/aromatic N) is 2. The molecule has 2 aromatic rings. The number of nitrogens with one attached hydrogen (secondary N) is 1. The minimum atomic E-state index is -0.359. The van der Waals surface area contributed by atoms with Gasteiger partial charge in [0.1, 0.15) is 6.10 Å². The quantitative estimate of drug-likeness (QED) is 0.872. The van der Waals surface area contributed by atoms with Gasteiger partial charge in [0.05, 0.1) is 12.1 Å². The van der Waals surface area contributed by atoms with Crippen LogP contribution in [0, 0.1) is 0 Å². The third kappa shape index (κ3) is 2.58. The first-order chi connectivity index (χ1) is 9.78. The van der Waals surface area contributed by atoms with E-state index in [0.717, 1.165) is 5.56 Å². The summed E-state index contributed by atoms with van der Waals surface area (Å²) in [5.74, 6) is 0.992. The van der Waals surface area contributed by atoms with E-state index in [1.807, 2.05) is 30.3 Å². The summed E-state index contributed by atoms with van der Waals surface area (Å²) in [6, 6.07) is 9.67. The van der Waals surface area contributed by atoms with Crippen LogP contribution in [0.4, 0.5) is 0 Å². The van der Waals surface area contributed by atoms with Crippen molar-refractivity contribution < 1.29 is 14.4 Å². The van der Waals surface area contributed by atoms with Crippen LogP contribution in [0.5, 0.6) is 0 Å². The first-order valence-corrected chi connectivity index (χ1v) is 6.60. The summed E-state index contributed by atoms with van der Waals surface area (Å²) < 4.78 is 10.8. The third-order valence-electron chi connectivity index (χ3n) is 3.44. The SMILES string of the molecule is COC(c1ccccc1)c1noc([C@@H]2C[C@@H](O)CN2)n1. The Balaban J connectivity index is 1.81. The van der Waals surface area contributed by atoms with Gasteiger partial charge in [-0.05, 0) is 12.0 Å². The molecule has 106 valence electrons. The van der Waals surface area contributed by atoms with Crippen molar-refractivity contribution in [1.82, 2.24) is 15.5 Å². The molecule has 0 spiro atoms. The highest BCUT2D eigenvalue weighted by molar-refractivity contribution is 5.22. The maximum atomic E-state index is 9.52. The predicted molar refractivity (Wildman–Crippen MR) is 71.0 cm³/mol. The Bertz CT molecular complexity index is 558. The molecule has 0 bridgehead atoms. The highest BCUT2D eigenvalue weighted by Gasteiger charge is 2.29. The summed E-state index contributed by atoms with van der Waals surface area (Å²) in [7, 11) is 1.62. The Kier molecular flexibility index (Phi) is 3.77. The second-order valence-corrected chi connectivity index (χ2v) is 4.87. The maximum absolute atomic E-state index is 9.52. The molecule has 0 saturated carbocycles. The van der Waals surface area contributed by atoms with Crippen LogP contribution in [0.2, 0.25) is 0 Å². The summed E-state index contributed by atoms with van der Waals surface area (Å²) in [4.78, 5) is 4.40. The largest absolute Gasteiger partial charge is 0.392 e. The van der Waals surface area contributed by atoms with E-state index in [-0.39, 0.29) is 18.2 Å². The van der Waals surface area contributed by atoms with Crippen molar-refractivity contribution in [2.24, 2.45) is 0 Å². The lowest BCUT2D eigenvalue weighted by molar-refractivity contribution is 0.126. The number of hydrogen-bond donors (Lipinski definition) is 2. The van der Waals surface area contributed by atoms with Crippen molar-refractivity contribution >= 4 is 0 Å². The van der Waals surface area contributed by atoms with Gasteiger partial charge in [0, 0.05) is 13.7 Å². The van der Waals surface area contributed by atoms with Crippen molar-refractivity contribution in [3.63, 3.8) is 0 Å². The third-order valence-corrected chi connectivity index (χ3v) is 3.44. The Labute approximate surface area is 116 Å². The molecule has 6 heteroatoms. The van der Waals surface area contributed by atoms with E-state index >= 15 is 0 Å². The summed E-state index contributed by atoms with van der Waals surface area (Å²) in [5, 5.41) is 16.7. The van der Waals surface area contributed by atoms with E-state index in [2.05, 4.69) is 15.5 Å². The number of benzene rings is 1. The highest BCUT2D eigenvalue weighted by atomic mass is 16.5. The molecule has 0 amide bonds. The Hall–Kier alpha value is -1.76. The van der Waals surface area contributed by atoms with Crippen molar-refractivity contribution in [2.75, 3.05) is 13.7 Å². The molecule has 1 fully saturated rings. The van der Waals surface area contributed by atoms with E-state index in [4.69, 9.17) is 9.26 Å². The van der Waals surface area contributed by atoms with Gasteiger partial charge in [0.15, 0.2) is 0 Å². The van der Waals surface area contributed by atoms with Crippen LogP contribution in [0.3, 0.4) is 0 Å². The van der Waals surface area contributed by atoms with Crippen molar-refractivity contribution in [3.05, 3.63) is 47.6 Å². The summed E-state index contributed by atoms with van der Waals surface area (Å²) >= 11 is 0. The molecule has 1 aromatic carbocycles. The molecule has 3 rings (SSSR count). The average Bonchev–Trinajstić information content (AvgIpc) is 3.10. The number of β-amino-alcohol motifs (C(OH)–C–C–N with tert-alkyl or cyclic N) is 1. The number of hydrogen-bond acceptors (Lipinski definition) is 6. The zero-order chi connectivity index (χ0) is 13.9. The van der Waals surface area contributed by atoms with Gasteiger partial charge in [0.2, 0.25) is 11.7 Å². The van der Waals surface area contributed by atoms with Crippen molar-refractivity contribution in [2.45, 2.75) is 24.7 Å². The summed E-state index contributed by atoms with van der Waals surface area (Å²) in [5.41, 5.74) is 0.974. The van der Waals surface area contributed by atoms with Gasteiger partial charge in [-0.2, -0.15) is 4.98 Å². The topological polar surface area (TPSA) is 80.4 Å². The molecule has 0 aliphatic carbocycles. The first-order valence-electron chi connectivity index (χ1n) is 6.60. The molecule has 20 heavy (non-hydrogen) atoms. The fourth-order valence-corrected chi connectivity index (χ4v) is 2.42. The van der Waals surface area contributed by atoms with E-state index < -0.39 is 0 Å². The average molecular weight is 275 g/mol. The molecule has 1 aromatic heterocycles. The second kappa shape index (κ2) is 5.70. The van der Waals surface area contributed by atoms with Gasteiger partial charge < -0.3 is 19.7 Å². The molecule has 2 heterocycles. The standard InChI is InChI=1S/C14H17N3O3/c1-19-12(9-5-3-2-4-6-9)13-16-14(20-17-13)11-7-10(18)8-15-11/h2-6,10-12,15,18H,7-8H2,1H3/t10-,11+,12?/m1/s1. The molecule has 3 atom stereocenters. The molecule has 1 saturated heterocycles. The highest BCUT2D eigenvalue weighted by Crippen LogP contribution is 2.26. The fourth-order valence-electron chi connectivity index (χ4n) is 2.42. The molecule has 1 aliphatic heterocycles. The van der Waals surface area contributed by atoms with Crippen LogP contribution in [0.15, 0.2) is 34.9 Å². The van der Waals surface area contributed by atoms with E-state index in [1.165, 1.54) is 0 Å². The van der Waals surface area contributed by atoms with Gasteiger partial charge in [-0.3, -0.25) is 0 Å².